The number of rotatable bonds is 5. The second-order valence-corrected chi connectivity index (χ2v) is 6.36. The van der Waals surface area contributed by atoms with Crippen LogP contribution >= 0.6 is 0 Å². The smallest absolute Gasteiger partial charge is 0.319 e. The van der Waals surface area contributed by atoms with Crippen molar-refractivity contribution in [3.8, 4) is 0 Å². The molecule has 120 valence electrons. The van der Waals surface area contributed by atoms with Crippen LogP contribution in [0.1, 0.15) is 27.7 Å². The number of aryl methyl sites for hydroxylation is 1. The highest BCUT2D eigenvalue weighted by molar-refractivity contribution is 5.89. The van der Waals surface area contributed by atoms with Crippen LogP contribution in [-0.4, -0.2) is 31.4 Å². The summed E-state index contributed by atoms with van der Waals surface area (Å²) in [6.45, 7) is 9.75. The van der Waals surface area contributed by atoms with E-state index in [4.69, 9.17) is 0 Å². The number of carbonyl (C=O) groups is 1. The zero-order chi connectivity index (χ0) is 16.2. The van der Waals surface area contributed by atoms with Crippen molar-refractivity contribution in [1.82, 2.24) is 24.6 Å². The highest BCUT2D eigenvalue weighted by atomic mass is 16.2. The van der Waals surface area contributed by atoms with E-state index in [1.54, 1.807) is 23.4 Å². The van der Waals surface area contributed by atoms with Crippen LogP contribution in [0.15, 0.2) is 31.1 Å². The number of carbonyl (C=O) groups excluding carboxylic acids is 1. The summed E-state index contributed by atoms with van der Waals surface area (Å²) in [5.41, 5.74) is 0.615. The van der Waals surface area contributed by atoms with E-state index in [0.29, 0.717) is 12.2 Å². The van der Waals surface area contributed by atoms with Crippen LogP contribution in [0.5, 0.6) is 0 Å². The van der Waals surface area contributed by atoms with Gasteiger partial charge in [-0.05, 0) is 12.3 Å². The van der Waals surface area contributed by atoms with Gasteiger partial charge in [0.05, 0.1) is 24.3 Å². The molecule has 7 heteroatoms. The van der Waals surface area contributed by atoms with Crippen LogP contribution in [-0.2, 0) is 13.1 Å². The van der Waals surface area contributed by atoms with Gasteiger partial charge in [0.15, 0.2) is 0 Å². The van der Waals surface area contributed by atoms with Gasteiger partial charge < -0.3 is 15.2 Å². The quantitative estimate of drug-likeness (QED) is 0.890. The second kappa shape index (κ2) is 6.64. The van der Waals surface area contributed by atoms with Crippen molar-refractivity contribution in [1.29, 1.82) is 0 Å². The fraction of sp³-hybridized carbons (Fsp3) is 0.533. The Kier molecular flexibility index (Phi) is 4.85. The summed E-state index contributed by atoms with van der Waals surface area (Å²) in [6, 6.07) is -0.251. The van der Waals surface area contributed by atoms with Crippen molar-refractivity contribution >= 4 is 11.7 Å². The lowest BCUT2D eigenvalue weighted by Gasteiger charge is -2.31. The van der Waals surface area contributed by atoms with E-state index in [-0.39, 0.29) is 17.5 Å². The van der Waals surface area contributed by atoms with Gasteiger partial charge in [0.25, 0.3) is 0 Å². The average Bonchev–Trinajstić information content (AvgIpc) is 3.08. The van der Waals surface area contributed by atoms with Crippen LogP contribution in [0.25, 0.3) is 0 Å². The largest absolute Gasteiger partial charge is 0.335 e. The molecule has 0 aliphatic heterocycles. The van der Waals surface area contributed by atoms with Gasteiger partial charge in [0.1, 0.15) is 0 Å². The van der Waals surface area contributed by atoms with Gasteiger partial charge in [-0.1, -0.05) is 20.8 Å². The summed E-state index contributed by atoms with van der Waals surface area (Å²) >= 11 is 0. The molecule has 0 unspecified atom stereocenters. The molecular weight excluding hydrogens is 280 g/mol. The lowest BCUT2D eigenvalue weighted by Crippen LogP contribution is -2.47. The number of hydrogen-bond donors (Lipinski definition) is 2. The molecule has 0 aliphatic carbocycles. The monoisotopic (exact) mass is 304 g/mol. The van der Waals surface area contributed by atoms with Crippen molar-refractivity contribution in [2.75, 3.05) is 5.32 Å². The van der Waals surface area contributed by atoms with Crippen molar-refractivity contribution < 1.29 is 4.79 Å². The number of amides is 2. The van der Waals surface area contributed by atoms with Crippen LogP contribution in [0.2, 0.25) is 0 Å². The maximum Gasteiger partial charge on any atom is 0.319 e. The molecule has 0 bridgehead atoms. The Hall–Kier alpha value is -2.31. The molecule has 0 spiro atoms. The van der Waals surface area contributed by atoms with Gasteiger partial charge in [0, 0.05) is 31.7 Å². The van der Waals surface area contributed by atoms with Crippen LogP contribution < -0.4 is 10.6 Å². The molecule has 2 rings (SSSR count). The highest BCUT2D eigenvalue weighted by Gasteiger charge is 2.26. The molecule has 0 saturated heterocycles. The Balaban J connectivity index is 1.98. The Morgan fingerprint density at radius 3 is 2.73 bits per heavy atom. The Morgan fingerprint density at radius 1 is 1.41 bits per heavy atom. The zero-order valence-corrected chi connectivity index (χ0v) is 13.6. The number of nitrogens with zero attached hydrogens (tertiary/aromatic N) is 4. The number of nitrogens with one attached hydrogen (secondary N) is 2. The fourth-order valence-corrected chi connectivity index (χ4v) is 2.07. The third-order valence-corrected chi connectivity index (χ3v) is 3.52. The highest BCUT2D eigenvalue weighted by Crippen LogP contribution is 2.21. The minimum Gasteiger partial charge on any atom is -0.335 e. The van der Waals surface area contributed by atoms with Crippen LogP contribution in [0.3, 0.4) is 0 Å². The maximum atomic E-state index is 12.2. The molecule has 2 heterocycles. The third-order valence-electron chi connectivity index (χ3n) is 3.52. The zero-order valence-electron chi connectivity index (χ0n) is 13.6. The molecule has 0 radical (unpaired) electrons. The number of anilines is 1. The predicted octanol–water partition coefficient (Wildman–Crippen LogP) is 2.34. The summed E-state index contributed by atoms with van der Waals surface area (Å²) in [4.78, 5) is 16.3. The molecule has 22 heavy (non-hydrogen) atoms. The van der Waals surface area contributed by atoms with E-state index < -0.39 is 0 Å². The summed E-state index contributed by atoms with van der Waals surface area (Å²) in [5, 5.41) is 9.99. The first kappa shape index (κ1) is 16.1. The van der Waals surface area contributed by atoms with Gasteiger partial charge >= 0.3 is 6.03 Å². The van der Waals surface area contributed by atoms with Crippen molar-refractivity contribution in [3.05, 3.63) is 31.1 Å². The Bertz CT molecular complexity index is 596. The topological polar surface area (TPSA) is 76.8 Å². The molecule has 2 N–H and O–H groups in total. The minimum atomic E-state index is -0.226. The van der Waals surface area contributed by atoms with Crippen molar-refractivity contribution in [3.63, 3.8) is 0 Å². The van der Waals surface area contributed by atoms with Gasteiger partial charge in [-0.2, -0.15) is 5.10 Å². The maximum absolute atomic E-state index is 12.2. The van der Waals surface area contributed by atoms with E-state index >= 15 is 0 Å². The first-order chi connectivity index (χ1) is 10.4. The molecule has 0 saturated carbocycles. The predicted molar refractivity (Wildman–Crippen MR) is 85.5 cm³/mol. The van der Waals surface area contributed by atoms with E-state index in [0.717, 1.165) is 6.54 Å². The summed E-state index contributed by atoms with van der Waals surface area (Å²) < 4.78 is 3.73. The lowest BCUT2D eigenvalue weighted by atomic mass is 9.86. The van der Waals surface area contributed by atoms with Gasteiger partial charge in [0.2, 0.25) is 0 Å². The van der Waals surface area contributed by atoms with Crippen molar-refractivity contribution in [2.45, 2.75) is 46.8 Å². The molecule has 0 fully saturated rings. The summed E-state index contributed by atoms with van der Waals surface area (Å²) in [6.07, 6.45) is 8.83. The molecule has 2 aromatic rings. The van der Waals surface area contributed by atoms with Gasteiger partial charge in [-0.3, -0.25) is 4.68 Å². The van der Waals surface area contributed by atoms with Gasteiger partial charge in [-0.25, -0.2) is 9.78 Å². The molecule has 2 aromatic heterocycles. The number of hydrogen-bond acceptors (Lipinski definition) is 3. The molecular formula is C15H24N6O. The second-order valence-electron chi connectivity index (χ2n) is 6.36. The minimum absolute atomic E-state index is 0.0251. The molecule has 1 atom stereocenters. The SMILES string of the molecule is CCn1cc(NC(=O)N[C@@H](Cn2ccnc2)C(C)(C)C)cn1. The van der Waals surface area contributed by atoms with Gasteiger partial charge in [-0.15, -0.1) is 0 Å². The number of imidazole rings is 1. The first-order valence-corrected chi connectivity index (χ1v) is 7.44. The van der Waals surface area contributed by atoms with Crippen LogP contribution in [0, 0.1) is 5.41 Å². The standard InChI is InChI=1S/C15H24N6O/c1-5-21-9-12(8-17-21)18-14(22)19-13(15(2,3)4)10-20-7-6-16-11-20/h6-9,11,13H,5,10H2,1-4H3,(H2,18,19,22)/t13-/m0/s1. The third kappa shape index (κ3) is 4.34. The summed E-state index contributed by atoms with van der Waals surface area (Å²) in [7, 11) is 0. The van der Waals surface area contributed by atoms with E-state index in [1.807, 2.05) is 23.9 Å². The number of aromatic nitrogens is 4. The fourth-order valence-electron chi connectivity index (χ4n) is 2.07. The average molecular weight is 304 g/mol. The molecule has 0 aliphatic rings. The Morgan fingerprint density at radius 2 is 2.18 bits per heavy atom. The number of urea groups is 1. The molecule has 2 amide bonds. The van der Waals surface area contributed by atoms with E-state index in [1.165, 1.54) is 0 Å². The normalized spacial score (nSPS) is 12.9. The lowest BCUT2D eigenvalue weighted by molar-refractivity contribution is 0.219. The first-order valence-electron chi connectivity index (χ1n) is 7.44. The molecule has 0 aromatic carbocycles. The van der Waals surface area contributed by atoms with E-state index in [9.17, 15) is 4.79 Å². The Labute approximate surface area is 130 Å². The van der Waals surface area contributed by atoms with Crippen LogP contribution in [0.4, 0.5) is 10.5 Å². The van der Waals surface area contributed by atoms with Crippen molar-refractivity contribution in [2.24, 2.45) is 5.41 Å². The van der Waals surface area contributed by atoms with E-state index in [2.05, 4.69) is 41.5 Å². The molecule has 7 nitrogen and oxygen atoms in total. The summed E-state index contributed by atoms with van der Waals surface area (Å²) in [5.74, 6) is 0.